The molecule has 0 fully saturated rings. The number of rotatable bonds is 6. The molecule has 0 atom stereocenters. The Balaban J connectivity index is 0.000000361. The van der Waals surface area contributed by atoms with Crippen LogP contribution in [-0.4, -0.2) is 21.4 Å². The summed E-state index contributed by atoms with van der Waals surface area (Å²) in [7, 11) is -16.7. The summed E-state index contributed by atoms with van der Waals surface area (Å²) in [5, 5.41) is 0. The predicted molar refractivity (Wildman–Crippen MR) is 187 cm³/mol. The normalized spacial score (nSPS) is 13.2. The van der Waals surface area contributed by atoms with E-state index in [0.717, 1.165) is 0 Å². The van der Waals surface area contributed by atoms with E-state index in [1.165, 1.54) is 21.4 Å². The molecule has 6 aromatic carbocycles. The fourth-order valence-corrected chi connectivity index (χ4v) is 10.1. The average molecular weight is 1260 g/mol. The van der Waals surface area contributed by atoms with Crippen molar-refractivity contribution in [3.8, 4) is 0 Å². The van der Waals surface area contributed by atoms with Crippen LogP contribution in [0.1, 0.15) is 0 Å². The van der Waals surface area contributed by atoms with E-state index in [4.69, 9.17) is 0 Å². The Kier molecular flexibility index (Phi) is 20.1. The van der Waals surface area contributed by atoms with Crippen molar-refractivity contribution in [3.63, 3.8) is 0 Å². The number of hydrogen-bond donors (Lipinski definition) is 0. The molecule has 0 nitrogen and oxygen atoms in total. The van der Waals surface area contributed by atoms with Gasteiger partial charge >= 0.3 is 139 Å². The molecule has 0 aliphatic heterocycles. The Bertz CT molecular complexity index is 1650. The zero-order chi connectivity index (χ0) is 44.1. The minimum atomic E-state index is -11.1. The van der Waals surface area contributed by atoms with Crippen molar-refractivity contribution in [3.05, 3.63) is 203 Å². The quantitative estimate of drug-likeness (QED) is 0.0800. The van der Waals surface area contributed by atoms with Crippen LogP contribution >= 0.6 is 7.81 Å². The van der Waals surface area contributed by atoms with E-state index in [-0.39, 0.29) is 63.6 Å². The van der Waals surface area contributed by atoms with Gasteiger partial charge in [-0.3, -0.25) is 0 Å². The molecule has 0 N–H and O–H groups in total. The first-order valence-corrected chi connectivity index (χ1v) is 28.3. The van der Waals surface area contributed by atoms with Crippen LogP contribution < -0.4 is 63.6 Å². The fourth-order valence-electron chi connectivity index (χ4n) is 3.24. The summed E-state index contributed by atoms with van der Waals surface area (Å²) in [6.45, 7) is 0. The zero-order valence-corrected chi connectivity index (χ0v) is 38.2. The van der Waals surface area contributed by atoms with Crippen LogP contribution in [0.15, 0.2) is 182 Å². The standard InChI is InChI=1S/3C12H10I.AsF6.BF4.F6P/c3*1-3-7-11(8-4-1)13-12-9-5-2-6-10-12;2-1(3,4,5,6)7;2-1(3,4)5;1-7(2,3,4,5)6/h3*1-10H;;;/q3*+1;3*-1. The molecule has 58 heavy (non-hydrogen) atoms. The smallest absolute Gasteiger partial charge is 0.0619 e. The second-order valence-corrected chi connectivity index (χ2v) is 25.5. The maximum absolute atomic E-state index is 11.1. The summed E-state index contributed by atoms with van der Waals surface area (Å²) in [4.78, 5) is 0. The van der Waals surface area contributed by atoms with E-state index >= 15 is 0 Å². The van der Waals surface area contributed by atoms with Gasteiger partial charge in [0.1, 0.15) is 0 Å². The minimum absolute atomic E-state index is 0.0287. The van der Waals surface area contributed by atoms with E-state index in [9.17, 15) is 63.2 Å². The number of hydrogen-bond acceptors (Lipinski definition) is 0. The van der Waals surface area contributed by atoms with Crippen LogP contribution in [0.2, 0.25) is 0 Å². The topological polar surface area (TPSA) is 0 Å². The van der Waals surface area contributed by atoms with Crippen LogP contribution in [0.25, 0.3) is 0 Å². The molecule has 0 spiro atoms. The van der Waals surface area contributed by atoms with Crippen molar-refractivity contribution in [2.45, 2.75) is 0 Å². The van der Waals surface area contributed by atoms with Gasteiger partial charge in [0, 0.05) is 0 Å². The first kappa shape index (κ1) is 53.5. The molecular formula is C36H30AsBF16I3P. The van der Waals surface area contributed by atoms with E-state index in [1.54, 1.807) is 0 Å². The molecule has 0 heterocycles. The molecule has 0 radical (unpaired) electrons. The maximum Gasteiger partial charge on any atom is 0.357 e. The Morgan fingerprint density at radius 3 is 0.466 bits per heavy atom. The Labute approximate surface area is 356 Å². The van der Waals surface area contributed by atoms with Crippen LogP contribution in [0, 0.1) is 21.4 Å². The van der Waals surface area contributed by atoms with Crippen LogP contribution in [0.3, 0.4) is 0 Å². The summed E-state index contributed by atoms with van der Waals surface area (Å²) in [6, 6.07) is 64.2. The van der Waals surface area contributed by atoms with Crippen LogP contribution in [0.4, 0.5) is 63.2 Å². The monoisotopic (exact) mass is 1260 g/mol. The third-order valence-corrected chi connectivity index (χ3v) is 13.1. The molecule has 0 bridgehead atoms. The second kappa shape index (κ2) is 21.8. The average Bonchev–Trinajstić information content (AvgIpc) is 3.08. The summed E-state index contributed by atoms with van der Waals surface area (Å²) >= 11 is -11.0. The SMILES string of the molecule is F[As-](F)(F)(F)(F)F.F[B-](F)(F)F.F[P-](F)(F)(F)(F)F.c1ccc([I+]c2ccccc2)cc1.c1ccc([I+]c2ccccc2)cc1.c1ccc([I+]c2ccccc2)cc1. The summed E-state index contributed by atoms with van der Waals surface area (Å²) in [6.07, 6.45) is 0. The molecule has 6 aromatic rings. The predicted octanol–water partition coefficient (Wildman–Crippen LogP) is 6.27. The molecule has 0 aromatic heterocycles. The van der Waals surface area contributed by atoms with Gasteiger partial charge in [0.05, 0.1) is 0 Å². The Morgan fingerprint density at radius 2 is 0.379 bits per heavy atom. The van der Waals surface area contributed by atoms with Gasteiger partial charge in [-0.05, 0) is 72.8 Å². The first-order valence-electron chi connectivity index (χ1n) is 15.5. The van der Waals surface area contributed by atoms with Gasteiger partial charge < -0.3 is 17.3 Å². The summed E-state index contributed by atoms with van der Waals surface area (Å²) in [5.41, 5.74) is 0. The number of benzene rings is 6. The molecule has 0 aliphatic rings. The maximum atomic E-state index is 9.91. The molecule has 0 saturated heterocycles. The summed E-state index contributed by atoms with van der Waals surface area (Å²) in [5.74, 6) is 0. The molecule has 0 aliphatic carbocycles. The molecule has 0 unspecified atom stereocenters. The molecule has 6 rings (SSSR count). The largest absolute Gasteiger partial charge is 0.357 e. The zero-order valence-electron chi connectivity index (χ0n) is 29.0. The Hall–Kier alpha value is -2.56. The van der Waals surface area contributed by atoms with E-state index in [1.807, 2.05) is 0 Å². The summed E-state index contributed by atoms with van der Waals surface area (Å²) < 4.78 is 167. The van der Waals surface area contributed by atoms with Gasteiger partial charge in [-0.15, -0.1) is 0 Å². The van der Waals surface area contributed by atoms with E-state index < -0.39 is 29.2 Å². The third kappa shape index (κ3) is 44.5. The Morgan fingerprint density at radius 1 is 0.293 bits per heavy atom. The third-order valence-electron chi connectivity index (χ3n) is 5.05. The van der Waals surface area contributed by atoms with Gasteiger partial charge in [0.25, 0.3) is 0 Å². The minimum Gasteiger partial charge on any atom is -0.0619 e. The van der Waals surface area contributed by atoms with Crippen molar-refractivity contribution >= 4 is 29.2 Å². The van der Waals surface area contributed by atoms with Crippen molar-refractivity contribution in [2.24, 2.45) is 0 Å². The molecule has 0 saturated carbocycles. The van der Waals surface area contributed by atoms with Gasteiger partial charge in [0.15, 0.2) is 21.4 Å². The van der Waals surface area contributed by atoms with Gasteiger partial charge in [-0.2, -0.15) is 0 Å². The molecular weight excluding hydrogens is 1230 g/mol. The molecule has 22 heteroatoms. The van der Waals surface area contributed by atoms with Gasteiger partial charge in [0.2, 0.25) is 0 Å². The van der Waals surface area contributed by atoms with Crippen LogP contribution in [0.5, 0.6) is 0 Å². The van der Waals surface area contributed by atoms with E-state index in [2.05, 4.69) is 182 Å². The molecule has 0 amide bonds. The number of halogens is 19. The van der Waals surface area contributed by atoms with Crippen molar-refractivity contribution in [1.29, 1.82) is 0 Å². The second-order valence-electron chi connectivity index (χ2n) is 10.5. The van der Waals surface area contributed by atoms with Gasteiger partial charge in [-0.1, -0.05) is 109 Å². The molecule has 320 valence electrons. The van der Waals surface area contributed by atoms with Crippen LogP contribution in [-0.2, 0) is 0 Å². The fraction of sp³-hybridized carbons (Fsp3) is 0. The van der Waals surface area contributed by atoms with Crippen molar-refractivity contribution in [1.82, 2.24) is 0 Å². The van der Waals surface area contributed by atoms with Crippen molar-refractivity contribution in [2.75, 3.05) is 0 Å². The van der Waals surface area contributed by atoms with Gasteiger partial charge in [-0.25, -0.2) is 0 Å². The van der Waals surface area contributed by atoms with E-state index in [0.29, 0.717) is 0 Å². The first-order chi connectivity index (χ1) is 26.2. The van der Waals surface area contributed by atoms with Crippen molar-refractivity contribution < 1.29 is 127 Å².